The zero-order valence-electron chi connectivity index (χ0n) is 11.0. The lowest BCUT2D eigenvalue weighted by atomic mass is 10.0. The summed E-state index contributed by atoms with van der Waals surface area (Å²) in [6, 6.07) is 4.76. The van der Waals surface area contributed by atoms with E-state index in [1.165, 1.54) is 6.07 Å². The molecule has 0 saturated carbocycles. The summed E-state index contributed by atoms with van der Waals surface area (Å²) in [4.78, 5) is 4.33. The Morgan fingerprint density at radius 1 is 1.47 bits per heavy atom. The third-order valence-corrected chi connectivity index (χ3v) is 3.38. The largest absolute Gasteiger partial charge is 0.340 e. The molecular formula is C14H17BrFN3. The third-order valence-electron chi connectivity index (χ3n) is 2.89. The third kappa shape index (κ3) is 3.42. The van der Waals surface area contributed by atoms with Crippen LogP contribution in [0.4, 0.5) is 4.39 Å². The van der Waals surface area contributed by atoms with Gasteiger partial charge in [-0.2, -0.15) is 0 Å². The van der Waals surface area contributed by atoms with E-state index in [2.05, 4.69) is 33.2 Å². The van der Waals surface area contributed by atoms with Crippen molar-refractivity contribution >= 4 is 15.9 Å². The van der Waals surface area contributed by atoms with Crippen LogP contribution in [0, 0.1) is 5.82 Å². The Balaban J connectivity index is 2.39. The quantitative estimate of drug-likeness (QED) is 0.912. The molecule has 1 atom stereocenters. The monoisotopic (exact) mass is 325 g/mol. The first-order valence-corrected chi connectivity index (χ1v) is 7.07. The van der Waals surface area contributed by atoms with Crippen molar-refractivity contribution in [3.05, 3.63) is 52.3 Å². The Labute approximate surface area is 121 Å². The van der Waals surface area contributed by atoms with Crippen LogP contribution < -0.4 is 5.32 Å². The van der Waals surface area contributed by atoms with Crippen molar-refractivity contribution in [1.29, 1.82) is 0 Å². The molecule has 3 nitrogen and oxygen atoms in total. The maximum absolute atomic E-state index is 14.0. The summed E-state index contributed by atoms with van der Waals surface area (Å²) in [5, 5.41) is 3.35. The fraction of sp³-hybridized carbons (Fsp3) is 0.357. The van der Waals surface area contributed by atoms with Crippen LogP contribution in [0.1, 0.15) is 30.6 Å². The lowest BCUT2D eigenvalue weighted by molar-refractivity contribution is 0.540. The molecule has 1 unspecified atom stereocenters. The van der Waals surface area contributed by atoms with Crippen LogP contribution in [-0.4, -0.2) is 16.1 Å². The summed E-state index contributed by atoms with van der Waals surface area (Å²) < 4.78 is 16.8. The average Bonchev–Trinajstić information content (AvgIpc) is 2.80. The van der Waals surface area contributed by atoms with Crippen molar-refractivity contribution in [2.75, 3.05) is 6.54 Å². The van der Waals surface area contributed by atoms with Crippen molar-refractivity contribution in [3.8, 4) is 0 Å². The Morgan fingerprint density at radius 2 is 2.26 bits per heavy atom. The van der Waals surface area contributed by atoms with Crippen LogP contribution in [0.3, 0.4) is 0 Å². The molecule has 0 aliphatic carbocycles. The van der Waals surface area contributed by atoms with Crippen LogP contribution in [0.15, 0.2) is 35.2 Å². The predicted molar refractivity (Wildman–Crippen MR) is 77.4 cm³/mol. The molecule has 0 radical (unpaired) electrons. The van der Waals surface area contributed by atoms with Crippen molar-refractivity contribution in [2.24, 2.45) is 7.05 Å². The van der Waals surface area contributed by atoms with Gasteiger partial charge < -0.3 is 9.88 Å². The lowest BCUT2D eigenvalue weighted by Crippen LogP contribution is -2.24. The first-order valence-electron chi connectivity index (χ1n) is 6.28. The zero-order valence-corrected chi connectivity index (χ0v) is 12.6. The minimum Gasteiger partial charge on any atom is -0.340 e. The van der Waals surface area contributed by atoms with E-state index >= 15 is 0 Å². The van der Waals surface area contributed by atoms with Crippen LogP contribution in [0.25, 0.3) is 0 Å². The molecular weight excluding hydrogens is 309 g/mol. The van der Waals surface area contributed by atoms with Crippen LogP contribution in [0.5, 0.6) is 0 Å². The van der Waals surface area contributed by atoms with Gasteiger partial charge in [0, 0.05) is 23.3 Å². The van der Waals surface area contributed by atoms with E-state index < -0.39 is 0 Å². The highest BCUT2D eigenvalue weighted by molar-refractivity contribution is 9.10. The van der Waals surface area contributed by atoms with Gasteiger partial charge in [0.05, 0.1) is 18.1 Å². The fourth-order valence-electron chi connectivity index (χ4n) is 1.98. The number of hydrogen-bond acceptors (Lipinski definition) is 2. The molecule has 2 rings (SSSR count). The van der Waals surface area contributed by atoms with Crippen molar-refractivity contribution < 1.29 is 4.39 Å². The molecule has 0 amide bonds. The minimum atomic E-state index is -0.223. The molecule has 0 aliphatic rings. The standard InChI is InChI=1S/C14H17BrFN3/c1-3-6-17-14(13-8-19(2)9-18-13)11-7-10(15)4-5-12(11)16/h4-5,7-9,14,17H,3,6H2,1-2H3. The number of halogens is 2. The molecule has 0 aliphatic heterocycles. The number of aromatic nitrogens is 2. The zero-order chi connectivity index (χ0) is 13.8. The highest BCUT2D eigenvalue weighted by Gasteiger charge is 2.19. The smallest absolute Gasteiger partial charge is 0.128 e. The average molecular weight is 326 g/mol. The number of nitrogens with zero attached hydrogens (tertiary/aromatic N) is 2. The predicted octanol–water partition coefficient (Wildman–Crippen LogP) is 3.41. The Kier molecular flexibility index (Phi) is 4.71. The van der Waals surface area contributed by atoms with E-state index in [-0.39, 0.29) is 11.9 Å². The molecule has 19 heavy (non-hydrogen) atoms. The number of aryl methyl sites for hydroxylation is 1. The van der Waals surface area contributed by atoms with E-state index in [1.54, 1.807) is 18.5 Å². The van der Waals surface area contributed by atoms with Gasteiger partial charge in [-0.15, -0.1) is 0 Å². The summed E-state index contributed by atoms with van der Waals surface area (Å²) in [5.41, 5.74) is 1.44. The second kappa shape index (κ2) is 6.30. The van der Waals surface area contributed by atoms with Crippen LogP contribution in [-0.2, 0) is 7.05 Å². The molecule has 0 saturated heterocycles. The summed E-state index contributed by atoms with van der Waals surface area (Å²) in [6.45, 7) is 2.90. The maximum atomic E-state index is 14.0. The van der Waals surface area contributed by atoms with E-state index in [0.29, 0.717) is 5.56 Å². The molecule has 0 bridgehead atoms. The number of imidazole rings is 1. The Hall–Kier alpha value is -1.20. The number of hydrogen-bond donors (Lipinski definition) is 1. The molecule has 2 aromatic rings. The number of nitrogens with one attached hydrogen (secondary N) is 1. The van der Waals surface area contributed by atoms with Gasteiger partial charge in [-0.1, -0.05) is 22.9 Å². The lowest BCUT2D eigenvalue weighted by Gasteiger charge is -2.18. The van der Waals surface area contributed by atoms with Gasteiger partial charge in [-0.25, -0.2) is 9.37 Å². The highest BCUT2D eigenvalue weighted by atomic mass is 79.9. The van der Waals surface area contributed by atoms with E-state index in [9.17, 15) is 4.39 Å². The van der Waals surface area contributed by atoms with Crippen molar-refractivity contribution in [3.63, 3.8) is 0 Å². The molecule has 102 valence electrons. The topological polar surface area (TPSA) is 29.9 Å². The van der Waals surface area contributed by atoms with Gasteiger partial charge in [-0.05, 0) is 31.2 Å². The summed E-state index contributed by atoms with van der Waals surface area (Å²) in [5.74, 6) is -0.220. The molecule has 5 heteroatoms. The minimum absolute atomic E-state index is 0.220. The fourth-order valence-corrected chi connectivity index (χ4v) is 2.36. The second-order valence-electron chi connectivity index (χ2n) is 4.52. The Bertz CT molecular complexity index is 553. The molecule has 1 aromatic carbocycles. The normalized spacial score (nSPS) is 12.6. The highest BCUT2D eigenvalue weighted by Crippen LogP contribution is 2.26. The van der Waals surface area contributed by atoms with Crippen LogP contribution in [0.2, 0.25) is 0 Å². The summed E-state index contributed by atoms with van der Waals surface area (Å²) in [7, 11) is 1.91. The molecule has 1 aromatic heterocycles. The van der Waals surface area contributed by atoms with Crippen molar-refractivity contribution in [2.45, 2.75) is 19.4 Å². The van der Waals surface area contributed by atoms with Gasteiger partial charge in [0.2, 0.25) is 0 Å². The van der Waals surface area contributed by atoms with Gasteiger partial charge in [0.25, 0.3) is 0 Å². The van der Waals surface area contributed by atoms with E-state index in [0.717, 1.165) is 23.1 Å². The number of benzene rings is 1. The number of rotatable bonds is 5. The first kappa shape index (κ1) is 14.2. The van der Waals surface area contributed by atoms with Gasteiger partial charge >= 0.3 is 0 Å². The molecule has 1 N–H and O–H groups in total. The van der Waals surface area contributed by atoms with E-state index in [1.807, 2.05) is 17.8 Å². The Morgan fingerprint density at radius 3 is 2.89 bits per heavy atom. The van der Waals surface area contributed by atoms with Crippen molar-refractivity contribution in [1.82, 2.24) is 14.9 Å². The molecule has 0 fully saturated rings. The summed E-state index contributed by atoms with van der Waals surface area (Å²) >= 11 is 3.39. The molecule has 0 spiro atoms. The molecule has 1 heterocycles. The van der Waals surface area contributed by atoms with E-state index in [4.69, 9.17) is 0 Å². The van der Waals surface area contributed by atoms with Gasteiger partial charge in [-0.3, -0.25) is 0 Å². The van der Waals surface area contributed by atoms with Gasteiger partial charge in [0.1, 0.15) is 5.82 Å². The summed E-state index contributed by atoms with van der Waals surface area (Å²) in [6.07, 6.45) is 4.62. The van der Waals surface area contributed by atoms with Gasteiger partial charge in [0.15, 0.2) is 0 Å². The first-order chi connectivity index (χ1) is 9.11. The maximum Gasteiger partial charge on any atom is 0.128 e. The van der Waals surface area contributed by atoms with Crippen LogP contribution >= 0.6 is 15.9 Å². The SMILES string of the molecule is CCCNC(c1cn(C)cn1)c1cc(Br)ccc1F. The second-order valence-corrected chi connectivity index (χ2v) is 5.43.